The second kappa shape index (κ2) is 10.3. The van der Waals surface area contributed by atoms with E-state index in [0.717, 1.165) is 50.4 Å². The third-order valence-corrected chi connectivity index (χ3v) is 5.73. The molecule has 1 saturated heterocycles. The largest absolute Gasteiger partial charge is 0.357 e. The summed E-state index contributed by atoms with van der Waals surface area (Å²) in [5.41, 5.74) is 1.61. The van der Waals surface area contributed by atoms with Crippen LogP contribution in [-0.2, 0) is 11.3 Å². The number of carbonyl (C=O) groups excluding carboxylic acids is 2. The van der Waals surface area contributed by atoms with Crippen LogP contribution in [0.3, 0.4) is 0 Å². The molecular formula is C22H33N5O2. The number of likely N-dealkylation sites (tertiary alicyclic amines) is 1. The molecule has 1 saturated carbocycles. The van der Waals surface area contributed by atoms with Crippen LogP contribution < -0.4 is 16.0 Å². The molecule has 2 fully saturated rings. The summed E-state index contributed by atoms with van der Waals surface area (Å²) in [4.78, 5) is 31.2. The van der Waals surface area contributed by atoms with Crippen LogP contribution in [0.25, 0.3) is 0 Å². The van der Waals surface area contributed by atoms with Gasteiger partial charge in [-0.05, 0) is 43.9 Å². The summed E-state index contributed by atoms with van der Waals surface area (Å²) in [6.07, 6.45) is 5.41. The summed E-state index contributed by atoms with van der Waals surface area (Å²) in [5.74, 6) is 1.22. The Morgan fingerprint density at radius 1 is 1.21 bits per heavy atom. The highest BCUT2D eigenvalue weighted by Gasteiger charge is 2.32. The fourth-order valence-corrected chi connectivity index (χ4v) is 4.15. The fourth-order valence-electron chi connectivity index (χ4n) is 4.15. The zero-order valence-electron chi connectivity index (χ0n) is 17.5. The number of nitrogens with one attached hydrogen (secondary N) is 3. The van der Waals surface area contributed by atoms with Gasteiger partial charge in [0.1, 0.15) is 0 Å². The first-order chi connectivity index (χ1) is 14.1. The number of hydrogen-bond donors (Lipinski definition) is 3. The van der Waals surface area contributed by atoms with Gasteiger partial charge in [-0.15, -0.1) is 0 Å². The minimum absolute atomic E-state index is 0.0983. The van der Waals surface area contributed by atoms with Gasteiger partial charge in [0, 0.05) is 44.2 Å². The van der Waals surface area contributed by atoms with Gasteiger partial charge in [-0.25, -0.2) is 4.99 Å². The van der Waals surface area contributed by atoms with Crippen LogP contribution in [0, 0.1) is 5.92 Å². The van der Waals surface area contributed by atoms with Gasteiger partial charge in [0.15, 0.2) is 5.96 Å². The third kappa shape index (κ3) is 5.71. The van der Waals surface area contributed by atoms with Gasteiger partial charge in [0.2, 0.25) is 5.91 Å². The van der Waals surface area contributed by atoms with Crippen LogP contribution in [0.1, 0.15) is 54.9 Å². The number of rotatable bonds is 6. The molecule has 29 heavy (non-hydrogen) atoms. The number of nitrogens with zero attached hydrogens (tertiary/aromatic N) is 2. The van der Waals surface area contributed by atoms with Crippen molar-refractivity contribution in [2.75, 3.05) is 26.7 Å². The van der Waals surface area contributed by atoms with Crippen LogP contribution in [-0.4, -0.2) is 55.4 Å². The van der Waals surface area contributed by atoms with Crippen molar-refractivity contribution in [3.05, 3.63) is 35.4 Å². The Labute approximate surface area is 173 Å². The topological polar surface area (TPSA) is 85.8 Å². The highest BCUT2D eigenvalue weighted by Crippen LogP contribution is 2.27. The van der Waals surface area contributed by atoms with Gasteiger partial charge >= 0.3 is 0 Å². The standard InChI is InChI=1S/C22H33N5O2/c1-3-24-22(25-14-16-7-6-10-18(13-16)20(28)23-2)26-19-11-12-27(15-19)21(29)17-8-4-5-9-17/h6-7,10,13,17,19H,3-5,8-9,11-12,14-15H2,1-2H3,(H,23,28)(H2,24,25,26). The second-order valence-corrected chi connectivity index (χ2v) is 7.87. The van der Waals surface area contributed by atoms with Crippen LogP contribution in [0.5, 0.6) is 0 Å². The molecule has 3 rings (SSSR count). The van der Waals surface area contributed by atoms with E-state index in [9.17, 15) is 9.59 Å². The van der Waals surface area contributed by atoms with E-state index < -0.39 is 0 Å². The lowest BCUT2D eigenvalue weighted by Crippen LogP contribution is -2.45. The molecule has 2 aliphatic rings. The van der Waals surface area contributed by atoms with Crippen molar-refractivity contribution in [2.45, 2.75) is 51.6 Å². The molecule has 0 bridgehead atoms. The minimum Gasteiger partial charge on any atom is -0.357 e. The smallest absolute Gasteiger partial charge is 0.251 e. The maximum absolute atomic E-state index is 12.6. The molecule has 1 aromatic carbocycles. The number of benzene rings is 1. The molecule has 1 atom stereocenters. The van der Waals surface area contributed by atoms with Crippen molar-refractivity contribution in [3.8, 4) is 0 Å². The summed E-state index contributed by atoms with van der Waals surface area (Å²) in [6.45, 7) is 4.85. The third-order valence-electron chi connectivity index (χ3n) is 5.73. The molecule has 0 aromatic heterocycles. The summed E-state index contributed by atoms with van der Waals surface area (Å²) < 4.78 is 0. The number of hydrogen-bond acceptors (Lipinski definition) is 3. The molecule has 0 radical (unpaired) electrons. The fraction of sp³-hybridized carbons (Fsp3) is 0.591. The lowest BCUT2D eigenvalue weighted by Gasteiger charge is -2.21. The molecule has 0 spiro atoms. The highest BCUT2D eigenvalue weighted by molar-refractivity contribution is 5.94. The maximum Gasteiger partial charge on any atom is 0.251 e. The molecule has 1 unspecified atom stereocenters. The summed E-state index contributed by atoms with van der Waals surface area (Å²) in [6, 6.07) is 7.72. The predicted molar refractivity (Wildman–Crippen MR) is 115 cm³/mol. The number of guanidine groups is 1. The normalized spacial score (nSPS) is 20.0. The van der Waals surface area contributed by atoms with E-state index in [4.69, 9.17) is 0 Å². The number of carbonyl (C=O) groups is 2. The van der Waals surface area contributed by atoms with Crippen molar-refractivity contribution >= 4 is 17.8 Å². The van der Waals surface area contributed by atoms with Crippen LogP contribution >= 0.6 is 0 Å². The number of aliphatic imine (C=N–C) groups is 1. The van der Waals surface area contributed by atoms with Crippen molar-refractivity contribution in [1.29, 1.82) is 0 Å². The van der Waals surface area contributed by atoms with E-state index in [-0.39, 0.29) is 17.9 Å². The van der Waals surface area contributed by atoms with E-state index in [2.05, 4.69) is 20.9 Å². The van der Waals surface area contributed by atoms with Gasteiger partial charge in [-0.3, -0.25) is 9.59 Å². The average Bonchev–Trinajstić information content (AvgIpc) is 3.44. The quantitative estimate of drug-likeness (QED) is 0.504. The zero-order valence-corrected chi connectivity index (χ0v) is 17.5. The van der Waals surface area contributed by atoms with Crippen molar-refractivity contribution in [2.24, 2.45) is 10.9 Å². The summed E-state index contributed by atoms with van der Waals surface area (Å²) in [7, 11) is 1.63. The molecule has 1 aliphatic carbocycles. The molecule has 158 valence electrons. The van der Waals surface area contributed by atoms with Crippen LogP contribution in [0.4, 0.5) is 0 Å². The van der Waals surface area contributed by atoms with Gasteiger partial charge in [-0.2, -0.15) is 0 Å². The lowest BCUT2D eigenvalue weighted by atomic mass is 10.1. The Morgan fingerprint density at radius 3 is 2.72 bits per heavy atom. The first-order valence-corrected chi connectivity index (χ1v) is 10.8. The predicted octanol–water partition coefficient (Wildman–Crippen LogP) is 1.89. The summed E-state index contributed by atoms with van der Waals surface area (Å²) >= 11 is 0. The van der Waals surface area contributed by atoms with E-state index in [1.54, 1.807) is 13.1 Å². The Morgan fingerprint density at radius 2 is 2.00 bits per heavy atom. The van der Waals surface area contributed by atoms with Gasteiger partial charge < -0.3 is 20.9 Å². The van der Waals surface area contributed by atoms with E-state index in [1.165, 1.54) is 12.8 Å². The minimum atomic E-state index is -0.0983. The Bertz CT molecular complexity index is 742. The van der Waals surface area contributed by atoms with Crippen LogP contribution in [0.15, 0.2) is 29.3 Å². The van der Waals surface area contributed by atoms with Crippen LogP contribution in [0.2, 0.25) is 0 Å². The zero-order chi connectivity index (χ0) is 20.6. The molecule has 1 heterocycles. The monoisotopic (exact) mass is 399 g/mol. The Hall–Kier alpha value is -2.57. The van der Waals surface area contributed by atoms with Crippen molar-refractivity contribution in [3.63, 3.8) is 0 Å². The molecule has 1 aliphatic heterocycles. The average molecular weight is 400 g/mol. The van der Waals surface area contributed by atoms with E-state index >= 15 is 0 Å². The molecular weight excluding hydrogens is 366 g/mol. The summed E-state index contributed by atoms with van der Waals surface area (Å²) in [5, 5.41) is 9.40. The number of amides is 2. The first kappa shape index (κ1) is 21.1. The van der Waals surface area contributed by atoms with Crippen molar-refractivity contribution in [1.82, 2.24) is 20.9 Å². The molecule has 7 heteroatoms. The molecule has 3 N–H and O–H groups in total. The highest BCUT2D eigenvalue weighted by atomic mass is 16.2. The van der Waals surface area contributed by atoms with E-state index in [0.29, 0.717) is 18.0 Å². The second-order valence-electron chi connectivity index (χ2n) is 7.87. The first-order valence-electron chi connectivity index (χ1n) is 10.8. The molecule has 2 amide bonds. The Balaban J connectivity index is 1.57. The SMILES string of the molecule is CCNC(=NCc1cccc(C(=O)NC)c1)NC1CCN(C(=O)C2CCCC2)C1. The lowest BCUT2D eigenvalue weighted by molar-refractivity contribution is -0.134. The molecule has 1 aromatic rings. The maximum atomic E-state index is 12.6. The van der Waals surface area contributed by atoms with Crippen molar-refractivity contribution < 1.29 is 9.59 Å². The van der Waals surface area contributed by atoms with Gasteiger partial charge in [0.05, 0.1) is 6.54 Å². The van der Waals surface area contributed by atoms with Gasteiger partial charge in [0.25, 0.3) is 5.91 Å². The van der Waals surface area contributed by atoms with Gasteiger partial charge in [-0.1, -0.05) is 25.0 Å². The Kier molecular flexibility index (Phi) is 7.49. The van der Waals surface area contributed by atoms with E-state index in [1.807, 2.05) is 30.0 Å². The molecule has 7 nitrogen and oxygen atoms in total.